The molecule has 0 spiro atoms. The van der Waals surface area contributed by atoms with E-state index in [0.29, 0.717) is 44.5 Å². The monoisotopic (exact) mass is 502 g/mol. The first-order valence-electron chi connectivity index (χ1n) is 10.0. The standard InChI is InChI=1S/C24H18ClF3N4OS/c1-30-11-16-10-18(7-8-19(16)29)32-12-15-4-9-20(34-13-24(26,27)28)31-22(15)21(23(32)33)14-2-5-17(25)6-3-14/h2-12,29-30H,13H2,1H3/b16-11-,29-19?. The molecular weight excluding hydrogens is 485 g/mol. The molecule has 1 aliphatic rings. The van der Waals surface area contributed by atoms with E-state index in [4.69, 9.17) is 17.0 Å². The van der Waals surface area contributed by atoms with Crippen LogP contribution in [0.5, 0.6) is 0 Å². The summed E-state index contributed by atoms with van der Waals surface area (Å²) < 4.78 is 39.6. The summed E-state index contributed by atoms with van der Waals surface area (Å²) in [6, 6.07) is 9.77. The normalized spacial score (nSPS) is 15.1. The van der Waals surface area contributed by atoms with Crippen molar-refractivity contribution in [2.24, 2.45) is 0 Å². The molecule has 1 aliphatic carbocycles. The van der Waals surface area contributed by atoms with Crippen molar-refractivity contribution >= 4 is 45.7 Å². The third-order valence-corrected chi connectivity index (χ3v) is 6.22. The van der Waals surface area contributed by atoms with Gasteiger partial charge in [-0.3, -0.25) is 9.36 Å². The van der Waals surface area contributed by atoms with Crippen molar-refractivity contribution in [3.63, 3.8) is 0 Å². The van der Waals surface area contributed by atoms with Crippen LogP contribution in [0.1, 0.15) is 0 Å². The van der Waals surface area contributed by atoms with Crippen LogP contribution in [0.25, 0.3) is 27.7 Å². The largest absolute Gasteiger partial charge is 0.398 e. The van der Waals surface area contributed by atoms with E-state index in [1.54, 1.807) is 68.0 Å². The molecule has 174 valence electrons. The summed E-state index contributed by atoms with van der Waals surface area (Å²) in [6.07, 6.45) is 3.88. The molecule has 2 N–H and O–H groups in total. The Morgan fingerprint density at radius 1 is 1.18 bits per heavy atom. The minimum atomic E-state index is -4.34. The van der Waals surface area contributed by atoms with Crippen molar-refractivity contribution in [3.8, 4) is 11.1 Å². The lowest BCUT2D eigenvalue weighted by Crippen LogP contribution is -2.22. The van der Waals surface area contributed by atoms with Gasteiger partial charge < -0.3 is 10.7 Å². The fraction of sp³-hybridized carbons (Fsp3) is 0.125. The van der Waals surface area contributed by atoms with Crippen LogP contribution in [0, 0.1) is 5.41 Å². The van der Waals surface area contributed by atoms with Crippen LogP contribution < -0.4 is 10.9 Å². The second-order valence-electron chi connectivity index (χ2n) is 7.38. The van der Waals surface area contributed by atoms with Crippen molar-refractivity contribution in [2.75, 3.05) is 12.8 Å². The Kier molecular flexibility index (Phi) is 6.67. The number of nitrogens with zero attached hydrogens (tertiary/aromatic N) is 2. The number of pyridine rings is 2. The second kappa shape index (κ2) is 9.52. The number of hydrogen-bond donors (Lipinski definition) is 2. The van der Waals surface area contributed by atoms with Gasteiger partial charge in [0.25, 0.3) is 5.56 Å². The van der Waals surface area contributed by atoms with Crippen molar-refractivity contribution in [3.05, 3.63) is 88.0 Å². The number of alkyl halides is 3. The quantitative estimate of drug-likeness (QED) is 0.426. The van der Waals surface area contributed by atoms with E-state index in [1.165, 1.54) is 10.6 Å². The first-order valence-corrected chi connectivity index (χ1v) is 11.4. The molecule has 34 heavy (non-hydrogen) atoms. The van der Waals surface area contributed by atoms with Gasteiger partial charge >= 0.3 is 6.18 Å². The topological polar surface area (TPSA) is 70.8 Å². The zero-order chi connectivity index (χ0) is 24.5. The van der Waals surface area contributed by atoms with Gasteiger partial charge in [0.15, 0.2) is 0 Å². The fourth-order valence-electron chi connectivity index (χ4n) is 3.46. The molecule has 10 heteroatoms. The van der Waals surface area contributed by atoms with Gasteiger partial charge in [0.1, 0.15) is 0 Å². The Morgan fingerprint density at radius 3 is 2.59 bits per heavy atom. The Morgan fingerprint density at radius 2 is 1.91 bits per heavy atom. The van der Waals surface area contributed by atoms with Gasteiger partial charge in [-0.05, 0) is 48.1 Å². The number of benzene rings is 1. The maximum atomic E-state index is 13.7. The first-order chi connectivity index (χ1) is 16.2. The summed E-state index contributed by atoms with van der Waals surface area (Å²) in [5, 5.41) is 12.2. The molecule has 0 saturated carbocycles. The molecule has 0 fully saturated rings. The molecule has 2 heterocycles. The van der Waals surface area contributed by atoms with E-state index >= 15 is 0 Å². The predicted octanol–water partition coefficient (Wildman–Crippen LogP) is 5.91. The SMILES string of the molecule is CN/C=C1/C=C(n2cc3ccc(SCC(F)(F)F)nc3c(-c3ccc(Cl)cc3)c2=O)C=CC1=N. The molecule has 0 amide bonds. The van der Waals surface area contributed by atoms with Gasteiger partial charge in [0, 0.05) is 41.1 Å². The molecule has 0 unspecified atom stereocenters. The number of halogens is 4. The highest BCUT2D eigenvalue weighted by Crippen LogP contribution is 2.31. The maximum Gasteiger partial charge on any atom is 0.398 e. The number of aromatic nitrogens is 2. The van der Waals surface area contributed by atoms with Crippen LogP contribution in [0.15, 0.2) is 82.4 Å². The Labute approximate surface area is 202 Å². The van der Waals surface area contributed by atoms with E-state index in [0.717, 1.165) is 0 Å². The average Bonchev–Trinajstić information content (AvgIpc) is 2.79. The maximum absolute atomic E-state index is 13.7. The lowest BCUT2D eigenvalue weighted by molar-refractivity contribution is -0.105. The molecule has 0 bridgehead atoms. The number of thioether (sulfide) groups is 1. The minimum absolute atomic E-state index is 0.168. The number of fused-ring (bicyclic) bond motifs is 1. The van der Waals surface area contributed by atoms with Gasteiger partial charge in [0.2, 0.25) is 0 Å². The van der Waals surface area contributed by atoms with Crippen molar-refractivity contribution in [1.82, 2.24) is 14.9 Å². The highest BCUT2D eigenvalue weighted by Gasteiger charge is 2.27. The lowest BCUT2D eigenvalue weighted by Gasteiger charge is -2.16. The van der Waals surface area contributed by atoms with Gasteiger partial charge in [-0.25, -0.2) is 4.98 Å². The smallest absolute Gasteiger partial charge is 0.393 e. The Balaban J connectivity index is 1.94. The van der Waals surface area contributed by atoms with Crippen LogP contribution in [0.2, 0.25) is 5.02 Å². The van der Waals surface area contributed by atoms with Crippen LogP contribution in [0.4, 0.5) is 13.2 Å². The zero-order valence-corrected chi connectivity index (χ0v) is 19.4. The van der Waals surface area contributed by atoms with Crippen LogP contribution in [0.3, 0.4) is 0 Å². The van der Waals surface area contributed by atoms with Crippen molar-refractivity contribution < 1.29 is 13.2 Å². The number of allylic oxidation sites excluding steroid dienone is 5. The fourth-order valence-corrected chi connectivity index (χ4v) is 4.21. The molecule has 1 aromatic carbocycles. The minimum Gasteiger partial charge on any atom is -0.393 e. The molecule has 3 aromatic rings. The van der Waals surface area contributed by atoms with Gasteiger partial charge in [-0.2, -0.15) is 13.2 Å². The average molecular weight is 503 g/mol. The van der Waals surface area contributed by atoms with Gasteiger partial charge in [-0.1, -0.05) is 35.5 Å². The number of rotatable bonds is 5. The van der Waals surface area contributed by atoms with Crippen molar-refractivity contribution in [2.45, 2.75) is 11.2 Å². The zero-order valence-electron chi connectivity index (χ0n) is 17.8. The van der Waals surface area contributed by atoms with Crippen LogP contribution in [-0.2, 0) is 0 Å². The van der Waals surface area contributed by atoms with Gasteiger partial charge in [0.05, 0.1) is 27.6 Å². The first kappa shape index (κ1) is 23.8. The van der Waals surface area contributed by atoms with E-state index < -0.39 is 17.5 Å². The lowest BCUT2D eigenvalue weighted by atomic mass is 10.0. The molecule has 4 rings (SSSR count). The Hall–Kier alpha value is -3.30. The number of nitrogens with one attached hydrogen (secondary N) is 2. The number of hydrogen-bond acceptors (Lipinski definition) is 5. The third-order valence-electron chi connectivity index (χ3n) is 4.97. The summed E-state index contributed by atoms with van der Waals surface area (Å²) in [4.78, 5) is 18.1. The summed E-state index contributed by atoms with van der Waals surface area (Å²) in [5.41, 5.74) is 2.12. The second-order valence-corrected chi connectivity index (χ2v) is 8.81. The van der Waals surface area contributed by atoms with E-state index in [2.05, 4.69) is 10.3 Å². The Bertz CT molecular complexity index is 1420. The molecular formula is C24H18ClF3N4OS. The van der Waals surface area contributed by atoms with Crippen LogP contribution >= 0.6 is 23.4 Å². The van der Waals surface area contributed by atoms with E-state index in [-0.39, 0.29) is 16.3 Å². The highest BCUT2D eigenvalue weighted by atomic mass is 35.5. The molecule has 2 aromatic heterocycles. The molecule has 0 aliphatic heterocycles. The molecule has 0 radical (unpaired) electrons. The molecule has 0 saturated heterocycles. The molecule has 5 nitrogen and oxygen atoms in total. The predicted molar refractivity (Wildman–Crippen MR) is 132 cm³/mol. The summed E-state index contributed by atoms with van der Waals surface area (Å²) >= 11 is 6.59. The summed E-state index contributed by atoms with van der Waals surface area (Å²) in [7, 11) is 1.72. The van der Waals surface area contributed by atoms with Gasteiger partial charge in [-0.15, -0.1) is 0 Å². The van der Waals surface area contributed by atoms with E-state index in [9.17, 15) is 18.0 Å². The summed E-state index contributed by atoms with van der Waals surface area (Å²) in [5.74, 6) is -1.08. The summed E-state index contributed by atoms with van der Waals surface area (Å²) in [6.45, 7) is 0. The third kappa shape index (κ3) is 5.10. The van der Waals surface area contributed by atoms with Crippen LogP contribution in [-0.4, -0.2) is 34.2 Å². The van der Waals surface area contributed by atoms with Crippen molar-refractivity contribution in [1.29, 1.82) is 5.41 Å². The van der Waals surface area contributed by atoms with E-state index in [1.807, 2.05) is 0 Å². The highest BCUT2D eigenvalue weighted by molar-refractivity contribution is 7.99. The molecule has 0 atom stereocenters.